The highest BCUT2D eigenvalue weighted by Gasteiger charge is 2.42. The molecule has 2 atom stereocenters. The molecule has 9 heteroatoms. The van der Waals surface area contributed by atoms with Crippen molar-refractivity contribution >= 4 is 46.1 Å². The quantitative estimate of drug-likeness (QED) is 0.303. The molecule has 2 aliphatic rings. The molecule has 180 valence electrons. The average Bonchev–Trinajstić information content (AvgIpc) is 3.46. The fraction of sp³-hybridized carbons (Fsp3) is 0.148. The van der Waals surface area contributed by atoms with Crippen LogP contribution >= 0.6 is 11.8 Å². The Morgan fingerprint density at radius 1 is 0.917 bits per heavy atom. The number of carbonyl (C=O) groups excluding carboxylic acids is 2. The van der Waals surface area contributed by atoms with Crippen LogP contribution in [0.25, 0.3) is 0 Å². The van der Waals surface area contributed by atoms with Crippen molar-refractivity contribution in [2.75, 3.05) is 4.90 Å². The molecule has 2 aliphatic heterocycles. The molecule has 1 saturated heterocycles. The number of carboxylic acid groups (broad SMARTS) is 1. The monoisotopic (exact) mass is 498 g/mol. The summed E-state index contributed by atoms with van der Waals surface area (Å²) < 4.78 is 0. The molecule has 3 aromatic rings. The van der Waals surface area contributed by atoms with Gasteiger partial charge >= 0.3 is 5.97 Å². The predicted octanol–water partition coefficient (Wildman–Crippen LogP) is 4.54. The summed E-state index contributed by atoms with van der Waals surface area (Å²) in [6, 6.07) is 25.0. The summed E-state index contributed by atoms with van der Waals surface area (Å²) in [4.78, 5) is 38.0. The first-order valence-corrected chi connectivity index (χ1v) is 12.2. The average molecular weight is 499 g/mol. The fourth-order valence-corrected chi connectivity index (χ4v) is 5.32. The van der Waals surface area contributed by atoms with E-state index in [4.69, 9.17) is 15.6 Å². The highest BCUT2D eigenvalue weighted by atomic mass is 32.2. The van der Waals surface area contributed by atoms with Crippen LogP contribution in [0.2, 0.25) is 0 Å². The second kappa shape index (κ2) is 9.79. The molecule has 0 spiro atoms. The third-order valence-electron chi connectivity index (χ3n) is 6.14. The maximum atomic E-state index is 13.1. The van der Waals surface area contributed by atoms with Crippen molar-refractivity contribution in [1.29, 1.82) is 5.41 Å². The molecule has 0 aliphatic carbocycles. The van der Waals surface area contributed by atoms with Crippen LogP contribution < -0.4 is 4.90 Å². The Kier molecular flexibility index (Phi) is 6.39. The minimum atomic E-state index is -1.09. The Morgan fingerprint density at radius 2 is 1.56 bits per heavy atom. The number of nitrogens with one attached hydrogen (secondary N) is 1. The smallest absolute Gasteiger partial charge is 0.335 e. The number of amides is 2. The number of imide groups is 1. The van der Waals surface area contributed by atoms with Crippen molar-refractivity contribution < 1.29 is 19.5 Å². The Labute approximate surface area is 211 Å². The van der Waals surface area contributed by atoms with Crippen molar-refractivity contribution in [2.45, 2.75) is 24.1 Å². The fourth-order valence-electron chi connectivity index (χ4n) is 4.35. The van der Waals surface area contributed by atoms with E-state index in [1.54, 1.807) is 5.01 Å². The number of amidine groups is 1. The number of anilines is 1. The van der Waals surface area contributed by atoms with Crippen molar-refractivity contribution in [2.24, 2.45) is 5.10 Å². The number of nitrogens with zero attached hydrogens (tertiary/aromatic N) is 3. The van der Waals surface area contributed by atoms with Crippen LogP contribution in [0.4, 0.5) is 5.69 Å². The summed E-state index contributed by atoms with van der Waals surface area (Å²) >= 11 is 1.01. The number of rotatable bonds is 5. The molecule has 2 heterocycles. The number of hydrogen-bond donors (Lipinski definition) is 2. The summed E-state index contributed by atoms with van der Waals surface area (Å²) in [5.41, 5.74) is 3.22. The zero-order chi connectivity index (χ0) is 25.2. The minimum absolute atomic E-state index is 0.0499. The number of carbonyl (C=O) groups is 3. The van der Waals surface area contributed by atoms with Gasteiger partial charge in [-0.2, -0.15) is 5.10 Å². The molecule has 2 N–H and O–H groups in total. The van der Waals surface area contributed by atoms with Gasteiger partial charge in [0.2, 0.25) is 11.8 Å². The number of aromatic carboxylic acids is 1. The molecule has 1 fully saturated rings. The molecule has 36 heavy (non-hydrogen) atoms. The van der Waals surface area contributed by atoms with Crippen LogP contribution in [-0.2, 0) is 9.59 Å². The number of hydrazone groups is 1. The lowest BCUT2D eigenvalue weighted by Crippen LogP contribution is -2.32. The molecule has 0 unspecified atom stereocenters. The third kappa shape index (κ3) is 4.52. The molecule has 0 bridgehead atoms. The standard InChI is InChI=1S/C27H22N4O4S/c28-27(36-23-16-24(32)30(25(23)33)20-13-11-19(12-14-20)26(34)35)31-22(18-9-5-2-6-10-18)15-21(29-31)17-7-3-1-4-8-17/h1-14,22-23,28H,15-16H2,(H,34,35)/t22-,23-/m0/s1. The summed E-state index contributed by atoms with van der Waals surface area (Å²) in [6.45, 7) is 0. The van der Waals surface area contributed by atoms with E-state index in [1.165, 1.54) is 24.3 Å². The van der Waals surface area contributed by atoms with Gasteiger partial charge in [-0.05, 0) is 35.4 Å². The van der Waals surface area contributed by atoms with Gasteiger partial charge in [0, 0.05) is 12.8 Å². The van der Waals surface area contributed by atoms with E-state index in [9.17, 15) is 14.4 Å². The highest BCUT2D eigenvalue weighted by molar-refractivity contribution is 8.14. The Balaban J connectivity index is 1.37. The Bertz CT molecular complexity index is 1360. The summed E-state index contributed by atoms with van der Waals surface area (Å²) in [7, 11) is 0. The molecule has 8 nitrogen and oxygen atoms in total. The largest absolute Gasteiger partial charge is 0.478 e. The van der Waals surface area contributed by atoms with Crippen molar-refractivity contribution in [3.05, 3.63) is 102 Å². The topological polar surface area (TPSA) is 114 Å². The zero-order valence-electron chi connectivity index (χ0n) is 19.1. The van der Waals surface area contributed by atoms with Crippen LogP contribution in [0.3, 0.4) is 0 Å². The van der Waals surface area contributed by atoms with Gasteiger partial charge in [0.1, 0.15) is 5.25 Å². The molecule has 0 aromatic heterocycles. The van der Waals surface area contributed by atoms with E-state index >= 15 is 0 Å². The van der Waals surface area contributed by atoms with Crippen molar-refractivity contribution in [3.63, 3.8) is 0 Å². The maximum absolute atomic E-state index is 13.1. The van der Waals surface area contributed by atoms with Crippen LogP contribution in [-0.4, -0.2) is 44.0 Å². The normalized spacial score (nSPS) is 19.5. The number of thioether (sulfide) groups is 1. The van der Waals surface area contributed by atoms with Crippen LogP contribution in [0.5, 0.6) is 0 Å². The molecular formula is C27H22N4O4S. The van der Waals surface area contributed by atoms with E-state index in [-0.39, 0.29) is 29.1 Å². The lowest BCUT2D eigenvalue weighted by molar-refractivity contribution is -0.121. The molecule has 5 rings (SSSR count). The SMILES string of the molecule is N=C(S[C@H]1CC(=O)N(c2ccc(C(=O)O)cc2)C1=O)N1N=C(c2ccccc2)C[C@H]1c1ccccc1. The predicted molar refractivity (Wildman–Crippen MR) is 138 cm³/mol. The van der Waals surface area contributed by atoms with Crippen LogP contribution in [0.1, 0.15) is 40.4 Å². The van der Waals surface area contributed by atoms with Gasteiger partial charge in [-0.25, -0.2) is 14.7 Å². The summed E-state index contributed by atoms with van der Waals surface area (Å²) in [6.07, 6.45) is 0.558. The number of carboxylic acids is 1. The number of benzene rings is 3. The van der Waals surface area contributed by atoms with Gasteiger partial charge in [-0.3, -0.25) is 15.0 Å². The van der Waals surface area contributed by atoms with Gasteiger partial charge in [0.15, 0.2) is 5.17 Å². The number of hydrogen-bond acceptors (Lipinski definition) is 6. The lowest BCUT2D eigenvalue weighted by Gasteiger charge is -2.24. The molecule has 0 radical (unpaired) electrons. The van der Waals surface area contributed by atoms with E-state index in [0.29, 0.717) is 12.1 Å². The minimum Gasteiger partial charge on any atom is -0.478 e. The lowest BCUT2D eigenvalue weighted by atomic mass is 9.99. The summed E-state index contributed by atoms with van der Waals surface area (Å²) in [5.74, 6) is -1.90. The second-order valence-corrected chi connectivity index (χ2v) is 9.61. The van der Waals surface area contributed by atoms with Gasteiger partial charge in [0.25, 0.3) is 0 Å². The van der Waals surface area contributed by atoms with Gasteiger partial charge < -0.3 is 5.11 Å². The molecule has 2 amide bonds. The Hall–Kier alpha value is -4.24. The molecular weight excluding hydrogens is 476 g/mol. The van der Waals surface area contributed by atoms with E-state index in [0.717, 1.165) is 33.5 Å². The van der Waals surface area contributed by atoms with Gasteiger partial charge in [-0.15, -0.1) is 0 Å². The maximum Gasteiger partial charge on any atom is 0.335 e. The highest BCUT2D eigenvalue weighted by Crippen LogP contribution is 2.37. The van der Waals surface area contributed by atoms with Crippen LogP contribution in [0.15, 0.2) is 90.0 Å². The van der Waals surface area contributed by atoms with Crippen molar-refractivity contribution in [1.82, 2.24) is 5.01 Å². The first kappa shape index (κ1) is 23.5. The third-order valence-corrected chi connectivity index (χ3v) is 7.20. The van der Waals surface area contributed by atoms with Gasteiger partial charge in [0.05, 0.1) is 23.0 Å². The second-order valence-electron chi connectivity index (χ2n) is 8.42. The van der Waals surface area contributed by atoms with E-state index in [2.05, 4.69) is 0 Å². The van der Waals surface area contributed by atoms with Gasteiger partial charge in [-0.1, -0.05) is 72.4 Å². The zero-order valence-corrected chi connectivity index (χ0v) is 19.9. The van der Waals surface area contributed by atoms with Crippen molar-refractivity contribution in [3.8, 4) is 0 Å². The van der Waals surface area contributed by atoms with E-state index < -0.39 is 17.1 Å². The Morgan fingerprint density at radius 3 is 2.19 bits per heavy atom. The first-order chi connectivity index (χ1) is 17.4. The summed E-state index contributed by atoms with van der Waals surface area (Å²) in [5, 5.41) is 23.6. The van der Waals surface area contributed by atoms with E-state index in [1.807, 2.05) is 60.7 Å². The first-order valence-electron chi connectivity index (χ1n) is 11.3. The molecule has 3 aromatic carbocycles. The van der Waals surface area contributed by atoms with Crippen LogP contribution in [0, 0.1) is 5.41 Å². The molecule has 0 saturated carbocycles.